The quantitative estimate of drug-likeness (QED) is 0.279. The minimum atomic E-state index is 1.01. The highest BCUT2D eigenvalue weighted by atomic mass is 16.3. The van der Waals surface area contributed by atoms with E-state index in [4.69, 9.17) is 4.42 Å². The highest BCUT2D eigenvalue weighted by molar-refractivity contribution is 5.12. The molecule has 0 spiro atoms. The first-order chi connectivity index (χ1) is 10.4. The lowest BCUT2D eigenvalue weighted by Gasteiger charge is -2.06. The van der Waals surface area contributed by atoms with Gasteiger partial charge in [0.1, 0.15) is 5.76 Å². The first-order valence-corrected chi connectivity index (χ1v) is 9.07. The van der Waals surface area contributed by atoms with E-state index in [0.29, 0.717) is 0 Å². The van der Waals surface area contributed by atoms with E-state index in [-0.39, 0.29) is 0 Å². The number of allylic oxidation sites excluding steroid dienone is 2. The van der Waals surface area contributed by atoms with Crippen molar-refractivity contribution in [3.8, 4) is 0 Å². The summed E-state index contributed by atoms with van der Waals surface area (Å²) >= 11 is 0. The van der Waals surface area contributed by atoms with Crippen molar-refractivity contribution in [1.82, 2.24) is 0 Å². The van der Waals surface area contributed by atoms with E-state index in [0.717, 1.165) is 12.2 Å². The summed E-state index contributed by atoms with van der Waals surface area (Å²) in [6.07, 6.45) is 20.0. The summed E-state index contributed by atoms with van der Waals surface area (Å²) in [7, 11) is 0. The molecule has 120 valence electrons. The Bertz CT molecular complexity index is 348. The fourth-order valence-corrected chi connectivity index (χ4v) is 2.73. The van der Waals surface area contributed by atoms with Crippen LogP contribution in [0.4, 0.5) is 0 Å². The Morgan fingerprint density at radius 3 is 2.38 bits per heavy atom. The van der Waals surface area contributed by atoms with Crippen molar-refractivity contribution in [2.24, 2.45) is 0 Å². The van der Waals surface area contributed by atoms with Crippen LogP contribution < -0.4 is 0 Å². The van der Waals surface area contributed by atoms with Crippen LogP contribution in [0.2, 0.25) is 0 Å². The Kier molecular flexibility index (Phi) is 11.0. The van der Waals surface area contributed by atoms with Gasteiger partial charge in [0.15, 0.2) is 0 Å². The van der Waals surface area contributed by atoms with Crippen LogP contribution in [-0.4, -0.2) is 0 Å². The molecule has 1 aromatic heterocycles. The Balaban J connectivity index is 2.27. The van der Waals surface area contributed by atoms with Gasteiger partial charge in [-0.25, -0.2) is 0 Å². The second kappa shape index (κ2) is 12.7. The number of rotatable bonds is 13. The van der Waals surface area contributed by atoms with Crippen molar-refractivity contribution >= 4 is 0 Å². The highest BCUT2D eigenvalue weighted by Crippen LogP contribution is 2.17. The SMILES string of the molecule is CCCCCCCC/C=C(/CCCCC)Cc1ccco1. The number of unbranched alkanes of at least 4 members (excludes halogenated alkanes) is 8. The third kappa shape index (κ3) is 9.55. The van der Waals surface area contributed by atoms with Gasteiger partial charge in [-0.15, -0.1) is 0 Å². The van der Waals surface area contributed by atoms with Crippen LogP contribution in [-0.2, 0) is 6.42 Å². The lowest BCUT2D eigenvalue weighted by molar-refractivity contribution is 0.515. The maximum Gasteiger partial charge on any atom is 0.107 e. The summed E-state index contributed by atoms with van der Waals surface area (Å²) in [6.45, 7) is 4.55. The maximum absolute atomic E-state index is 5.50. The molecule has 0 aromatic carbocycles. The Hall–Kier alpha value is -0.980. The van der Waals surface area contributed by atoms with Gasteiger partial charge in [0.2, 0.25) is 0 Å². The van der Waals surface area contributed by atoms with E-state index in [1.165, 1.54) is 70.6 Å². The van der Waals surface area contributed by atoms with Gasteiger partial charge in [0.25, 0.3) is 0 Å². The average Bonchev–Trinajstić information content (AvgIpc) is 2.99. The first kappa shape index (κ1) is 18.1. The Morgan fingerprint density at radius 1 is 0.952 bits per heavy atom. The average molecular weight is 290 g/mol. The van der Waals surface area contributed by atoms with E-state index in [1.807, 2.05) is 6.07 Å². The zero-order valence-corrected chi connectivity index (χ0v) is 14.2. The highest BCUT2D eigenvalue weighted by Gasteiger charge is 2.02. The molecule has 0 aliphatic rings. The van der Waals surface area contributed by atoms with E-state index < -0.39 is 0 Å². The maximum atomic E-state index is 5.50. The third-order valence-corrected chi connectivity index (χ3v) is 4.07. The van der Waals surface area contributed by atoms with Crippen LogP contribution in [0.5, 0.6) is 0 Å². The fraction of sp³-hybridized carbons (Fsp3) is 0.700. The Morgan fingerprint density at radius 2 is 1.67 bits per heavy atom. The van der Waals surface area contributed by atoms with Gasteiger partial charge in [-0.1, -0.05) is 70.4 Å². The molecule has 0 fully saturated rings. The molecule has 1 heteroatoms. The molecule has 1 heterocycles. The molecule has 0 radical (unpaired) electrons. The normalized spacial score (nSPS) is 12.0. The van der Waals surface area contributed by atoms with E-state index in [2.05, 4.69) is 26.0 Å². The number of hydrogen-bond acceptors (Lipinski definition) is 1. The summed E-state index contributed by atoms with van der Waals surface area (Å²) < 4.78 is 5.50. The van der Waals surface area contributed by atoms with Crippen LogP contribution in [0.15, 0.2) is 34.5 Å². The van der Waals surface area contributed by atoms with Gasteiger partial charge >= 0.3 is 0 Å². The van der Waals surface area contributed by atoms with Gasteiger partial charge in [-0.2, -0.15) is 0 Å². The van der Waals surface area contributed by atoms with Crippen molar-refractivity contribution in [3.63, 3.8) is 0 Å². The van der Waals surface area contributed by atoms with Crippen molar-refractivity contribution in [2.45, 2.75) is 90.9 Å². The van der Waals surface area contributed by atoms with Crippen molar-refractivity contribution < 1.29 is 4.42 Å². The minimum absolute atomic E-state index is 1.01. The summed E-state index contributed by atoms with van der Waals surface area (Å²) in [6, 6.07) is 4.09. The summed E-state index contributed by atoms with van der Waals surface area (Å²) in [5.41, 5.74) is 1.58. The lowest BCUT2D eigenvalue weighted by Crippen LogP contribution is -1.91. The zero-order valence-electron chi connectivity index (χ0n) is 14.2. The van der Waals surface area contributed by atoms with Crippen LogP contribution in [0.1, 0.15) is 90.2 Å². The van der Waals surface area contributed by atoms with Gasteiger partial charge in [-0.05, 0) is 37.8 Å². The van der Waals surface area contributed by atoms with Crippen LogP contribution in [0.25, 0.3) is 0 Å². The molecule has 0 amide bonds. The van der Waals surface area contributed by atoms with Gasteiger partial charge in [0, 0.05) is 6.42 Å². The second-order valence-corrected chi connectivity index (χ2v) is 6.13. The smallest absolute Gasteiger partial charge is 0.107 e. The van der Waals surface area contributed by atoms with E-state index in [1.54, 1.807) is 11.8 Å². The topological polar surface area (TPSA) is 13.1 Å². The molecule has 1 rings (SSSR count). The monoisotopic (exact) mass is 290 g/mol. The van der Waals surface area contributed by atoms with E-state index >= 15 is 0 Å². The van der Waals surface area contributed by atoms with Crippen LogP contribution in [0.3, 0.4) is 0 Å². The lowest BCUT2D eigenvalue weighted by atomic mass is 10.0. The van der Waals surface area contributed by atoms with Gasteiger partial charge < -0.3 is 4.42 Å². The van der Waals surface area contributed by atoms with Crippen molar-refractivity contribution in [3.05, 3.63) is 35.8 Å². The van der Waals surface area contributed by atoms with Crippen LogP contribution >= 0.6 is 0 Å². The predicted octanol–water partition coefficient (Wildman–Crippen LogP) is 7.08. The summed E-state index contributed by atoms with van der Waals surface area (Å²) in [4.78, 5) is 0. The van der Waals surface area contributed by atoms with Gasteiger partial charge in [-0.3, -0.25) is 0 Å². The van der Waals surface area contributed by atoms with Crippen LogP contribution in [0, 0.1) is 0 Å². The predicted molar refractivity (Wildman–Crippen MR) is 92.6 cm³/mol. The molecule has 1 nitrogen and oxygen atoms in total. The minimum Gasteiger partial charge on any atom is -0.469 e. The molecule has 0 bridgehead atoms. The molecule has 0 N–H and O–H groups in total. The molecular weight excluding hydrogens is 256 g/mol. The molecule has 0 saturated heterocycles. The molecule has 0 unspecified atom stereocenters. The molecule has 0 saturated carbocycles. The fourth-order valence-electron chi connectivity index (χ4n) is 2.73. The molecule has 0 aliphatic carbocycles. The first-order valence-electron chi connectivity index (χ1n) is 9.07. The third-order valence-electron chi connectivity index (χ3n) is 4.07. The number of hydrogen-bond donors (Lipinski definition) is 0. The Labute approximate surface area is 131 Å². The van der Waals surface area contributed by atoms with Gasteiger partial charge in [0.05, 0.1) is 6.26 Å². The molecular formula is C20H34O. The summed E-state index contributed by atoms with van der Waals surface area (Å²) in [5, 5.41) is 0. The number of furan rings is 1. The van der Waals surface area contributed by atoms with Crippen molar-refractivity contribution in [2.75, 3.05) is 0 Å². The summed E-state index contributed by atoms with van der Waals surface area (Å²) in [5.74, 6) is 1.11. The molecule has 1 aromatic rings. The molecule has 0 aliphatic heterocycles. The van der Waals surface area contributed by atoms with Crippen molar-refractivity contribution in [1.29, 1.82) is 0 Å². The molecule has 0 atom stereocenters. The second-order valence-electron chi connectivity index (χ2n) is 6.13. The van der Waals surface area contributed by atoms with E-state index in [9.17, 15) is 0 Å². The largest absolute Gasteiger partial charge is 0.469 e. The molecule has 21 heavy (non-hydrogen) atoms. The standard InChI is InChI=1S/C20H34O/c1-3-5-7-8-9-10-12-15-19(14-11-6-4-2)18-20-16-13-17-21-20/h13,15-17H,3-12,14,18H2,1-2H3/b19-15-. The zero-order chi connectivity index (χ0) is 15.2.